The maximum atomic E-state index is 5.26. The maximum Gasteiger partial charge on any atom is 0.119 e. The van der Waals surface area contributed by atoms with Crippen molar-refractivity contribution in [3.63, 3.8) is 0 Å². The molecule has 0 aromatic heterocycles. The summed E-state index contributed by atoms with van der Waals surface area (Å²) in [6.45, 7) is 0. The maximum absolute atomic E-state index is 5.26. The summed E-state index contributed by atoms with van der Waals surface area (Å²) in [6.07, 6.45) is 0. The van der Waals surface area contributed by atoms with Crippen LogP contribution in [0, 0.1) is 0 Å². The van der Waals surface area contributed by atoms with Crippen LogP contribution in [0.15, 0.2) is 77.8 Å². The van der Waals surface area contributed by atoms with E-state index in [1.165, 1.54) is 0 Å². The van der Waals surface area contributed by atoms with Gasteiger partial charge >= 0.3 is 0 Å². The summed E-state index contributed by atoms with van der Waals surface area (Å²) in [5.74, 6) is 0.825. The monoisotopic (exact) mass is 373 g/mol. The average molecular weight is 374 g/mol. The van der Waals surface area contributed by atoms with Gasteiger partial charge in [0, 0.05) is 50.7 Å². The van der Waals surface area contributed by atoms with E-state index in [9.17, 15) is 0 Å². The Morgan fingerprint density at radius 2 is 1.07 bits per heavy atom. The molecule has 3 aromatic carbocycles. The van der Waals surface area contributed by atoms with Crippen molar-refractivity contribution in [3.05, 3.63) is 83.9 Å². The van der Waals surface area contributed by atoms with Gasteiger partial charge in [0.25, 0.3) is 0 Å². The van der Waals surface area contributed by atoms with E-state index in [0.717, 1.165) is 39.7 Å². The van der Waals surface area contributed by atoms with Crippen molar-refractivity contribution in [2.24, 2.45) is 4.99 Å². The molecule has 28 heavy (non-hydrogen) atoms. The molecule has 0 atom stereocenters. The van der Waals surface area contributed by atoms with Gasteiger partial charge in [0.1, 0.15) is 5.75 Å². The molecule has 0 amide bonds. The number of benzene rings is 3. The summed E-state index contributed by atoms with van der Waals surface area (Å²) in [7, 11) is 9.84. The van der Waals surface area contributed by atoms with Gasteiger partial charge < -0.3 is 14.5 Å². The minimum Gasteiger partial charge on any atom is -0.497 e. The lowest BCUT2D eigenvalue weighted by atomic mass is 10.0. The highest BCUT2D eigenvalue weighted by Crippen LogP contribution is 2.23. The van der Waals surface area contributed by atoms with Crippen LogP contribution in [0.5, 0.6) is 5.75 Å². The molecule has 0 saturated carbocycles. The Morgan fingerprint density at radius 3 is 1.43 bits per heavy atom. The number of rotatable bonds is 6. The van der Waals surface area contributed by atoms with Gasteiger partial charge in [-0.05, 0) is 48.5 Å². The van der Waals surface area contributed by atoms with Crippen molar-refractivity contribution in [1.29, 1.82) is 0 Å². The Labute approximate surface area is 167 Å². The molecule has 0 bridgehead atoms. The van der Waals surface area contributed by atoms with Crippen molar-refractivity contribution in [3.8, 4) is 5.75 Å². The number of aliphatic imine (C=N–C) groups is 1. The SMILES string of the molecule is COc1ccc(N=C(c2ccc(N(C)C)cc2)c2ccc(N(C)C)cc2)cc1. The number of methoxy groups -OCH3 is 1. The third kappa shape index (κ3) is 4.52. The van der Waals surface area contributed by atoms with Crippen molar-refractivity contribution in [1.82, 2.24) is 0 Å². The van der Waals surface area contributed by atoms with E-state index < -0.39 is 0 Å². The summed E-state index contributed by atoms with van der Waals surface area (Å²) in [4.78, 5) is 9.14. The third-order valence-electron chi connectivity index (χ3n) is 4.63. The van der Waals surface area contributed by atoms with Crippen molar-refractivity contribution >= 4 is 22.8 Å². The Hall–Kier alpha value is -3.27. The summed E-state index contributed by atoms with van der Waals surface area (Å²) in [5, 5.41) is 0. The first-order valence-electron chi connectivity index (χ1n) is 9.26. The third-order valence-corrected chi connectivity index (χ3v) is 4.63. The zero-order chi connectivity index (χ0) is 20.1. The Morgan fingerprint density at radius 1 is 0.643 bits per heavy atom. The number of ether oxygens (including phenoxy) is 1. The fraction of sp³-hybridized carbons (Fsp3) is 0.208. The standard InChI is InChI=1S/C24H27N3O/c1-26(2)21-12-6-18(7-13-21)24(19-8-14-22(15-9-19)27(3)4)25-20-10-16-23(28-5)17-11-20/h6-17H,1-5H3. The molecule has 3 rings (SSSR count). The molecule has 0 aliphatic rings. The van der Waals surface area contributed by atoms with Crippen LogP contribution < -0.4 is 14.5 Å². The predicted octanol–water partition coefficient (Wildman–Crippen LogP) is 5.00. The fourth-order valence-corrected chi connectivity index (χ4v) is 2.92. The van der Waals surface area contributed by atoms with Crippen LogP contribution in [0.2, 0.25) is 0 Å². The summed E-state index contributed by atoms with van der Waals surface area (Å²) < 4.78 is 5.26. The minimum atomic E-state index is 0.825. The van der Waals surface area contributed by atoms with E-state index in [-0.39, 0.29) is 0 Å². The zero-order valence-electron chi connectivity index (χ0n) is 17.2. The Bertz CT molecular complexity index is 872. The molecular formula is C24H27N3O. The largest absolute Gasteiger partial charge is 0.497 e. The molecule has 0 unspecified atom stereocenters. The highest BCUT2D eigenvalue weighted by atomic mass is 16.5. The molecule has 3 aromatic rings. The second kappa shape index (κ2) is 8.61. The molecule has 0 N–H and O–H groups in total. The smallest absolute Gasteiger partial charge is 0.119 e. The van der Waals surface area contributed by atoms with Crippen LogP contribution in [0.4, 0.5) is 17.1 Å². The van der Waals surface area contributed by atoms with Gasteiger partial charge in [-0.1, -0.05) is 24.3 Å². The molecule has 0 aliphatic carbocycles. The second-order valence-electron chi connectivity index (χ2n) is 7.04. The molecule has 0 aliphatic heterocycles. The fourth-order valence-electron chi connectivity index (χ4n) is 2.92. The van der Waals surface area contributed by atoms with E-state index in [0.29, 0.717) is 0 Å². The van der Waals surface area contributed by atoms with E-state index in [1.807, 2.05) is 52.5 Å². The van der Waals surface area contributed by atoms with Gasteiger partial charge in [-0.2, -0.15) is 0 Å². The molecule has 0 spiro atoms. The van der Waals surface area contributed by atoms with Crippen LogP contribution in [-0.2, 0) is 0 Å². The van der Waals surface area contributed by atoms with E-state index in [2.05, 4.69) is 58.3 Å². The molecule has 0 heterocycles. The van der Waals surface area contributed by atoms with Crippen LogP contribution >= 0.6 is 0 Å². The highest BCUT2D eigenvalue weighted by Gasteiger charge is 2.09. The quantitative estimate of drug-likeness (QED) is 0.570. The average Bonchev–Trinajstić information content (AvgIpc) is 2.72. The van der Waals surface area contributed by atoms with Crippen LogP contribution in [0.3, 0.4) is 0 Å². The van der Waals surface area contributed by atoms with Gasteiger partial charge in [-0.25, -0.2) is 4.99 Å². The first-order valence-corrected chi connectivity index (χ1v) is 9.26. The summed E-state index contributed by atoms with van der Waals surface area (Å²) in [5.41, 5.74) is 6.33. The molecular weight excluding hydrogens is 346 g/mol. The van der Waals surface area contributed by atoms with Crippen molar-refractivity contribution in [2.75, 3.05) is 45.1 Å². The second-order valence-corrected chi connectivity index (χ2v) is 7.04. The number of nitrogens with zero attached hydrogens (tertiary/aromatic N) is 3. The zero-order valence-corrected chi connectivity index (χ0v) is 17.2. The van der Waals surface area contributed by atoms with E-state index >= 15 is 0 Å². The van der Waals surface area contributed by atoms with Gasteiger partial charge in [-0.15, -0.1) is 0 Å². The first kappa shape index (κ1) is 19.5. The summed E-state index contributed by atoms with van der Waals surface area (Å²) >= 11 is 0. The number of anilines is 2. The molecule has 144 valence electrons. The highest BCUT2D eigenvalue weighted by molar-refractivity contribution is 6.14. The Balaban J connectivity index is 2.05. The number of hydrogen-bond donors (Lipinski definition) is 0. The van der Waals surface area contributed by atoms with Crippen LogP contribution in [0.25, 0.3) is 0 Å². The predicted molar refractivity (Wildman–Crippen MR) is 120 cm³/mol. The van der Waals surface area contributed by atoms with Gasteiger partial charge in [0.05, 0.1) is 18.5 Å². The van der Waals surface area contributed by atoms with Crippen molar-refractivity contribution in [2.45, 2.75) is 0 Å². The first-order chi connectivity index (χ1) is 13.5. The minimum absolute atomic E-state index is 0.825. The lowest BCUT2D eigenvalue weighted by Gasteiger charge is -2.15. The number of hydrogen-bond acceptors (Lipinski definition) is 4. The molecule has 4 nitrogen and oxygen atoms in total. The lowest BCUT2D eigenvalue weighted by Crippen LogP contribution is -2.10. The topological polar surface area (TPSA) is 28.1 Å². The normalized spacial score (nSPS) is 10.3. The molecule has 0 fully saturated rings. The molecule has 0 saturated heterocycles. The van der Waals surface area contributed by atoms with E-state index in [4.69, 9.17) is 9.73 Å². The van der Waals surface area contributed by atoms with Gasteiger partial charge in [0.2, 0.25) is 0 Å². The lowest BCUT2D eigenvalue weighted by molar-refractivity contribution is 0.415. The summed E-state index contributed by atoms with van der Waals surface area (Å²) in [6, 6.07) is 24.8. The van der Waals surface area contributed by atoms with E-state index in [1.54, 1.807) is 7.11 Å². The van der Waals surface area contributed by atoms with Gasteiger partial charge in [-0.3, -0.25) is 0 Å². The molecule has 4 heteroatoms. The van der Waals surface area contributed by atoms with Crippen LogP contribution in [-0.4, -0.2) is 41.0 Å². The van der Waals surface area contributed by atoms with Crippen molar-refractivity contribution < 1.29 is 4.74 Å². The van der Waals surface area contributed by atoms with Gasteiger partial charge in [0.15, 0.2) is 0 Å². The molecule has 0 radical (unpaired) electrons. The Kier molecular flexibility index (Phi) is 5.99. The van der Waals surface area contributed by atoms with Crippen LogP contribution in [0.1, 0.15) is 11.1 Å².